The predicted octanol–water partition coefficient (Wildman–Crippen LogP) is 3.95. The van der Waals surface area contributed by atoms with Gasteiger partial charge in [-0.1, -0.05) is 23.2 Å². The Balaban J connectivity index is 2.44. The van der Waals surface area contributed by atoms with Crippen LogP contribution in [-0.4, -0.2) is 5.78 Å². The Kier molecular flexibility index (Phi) is 3.55. The number of nitrogens with two attached hydrogens (primary N) is 1. The number of ketones is 1. The number of anilines is 1. The van der Waals surface area contributed by atoms with Crippen molar-refractivity contribution in [3.63, 3.8) is 0 Å². The molecule has 2 aromatic carbocycles. The molecule has 0 aliphatic carbocycles. The van der Waals surface area contributed by atoms with Gasteiger partial charge in [0.1, 0.15) is 5.82 Å². The summed E-state index contributed by atoms with van der Waals surface area (Å²) in [6, 6.07) is 8.29. The molecule has 0 spiro atoms. The average Bonchev–Trinajstić information content (AvgIpc) is 2.32. The predicted molar refractivity (Wildman–Crippen MR) is 70.7 cm³/mol. The van der Waals surface area contributed by atoms with Crippen LogP contribution < -0.4 is 5.73 Å². The lowest BCUT2D eigenvalue weighted by molar-refractivity contribution is 0.103. The SMILES string of the molecule is Nc1ccc(C(=O)c2ccc(Cl)cc2F)cc1Cl. The summed E-state index contributed by atoms with van der Waals surface area (Å²) < 4.78 is 13.6. The first-order valence-electron chi connectivity index (χ1n) is 5.04. The molecule has 0 atom stereocenters. The topological polar surface area (TPSA) is 43.1 Å². The van der Waals surface area contributed by atoms with Crippen LogP contribution in [0.5, 0.6) is 0 Å². The van der Waals surface area contributed by atoms with Crippen molar-refractivity contribution < 1.29 is 9.18 Å². The molecule has 0 heterocycles. The van der Waals surface area contributed by atoms with Crippen LogP contribution in [0.25, 0.3) is 0 Å². The lowest BCUT2D eigenvalue weighted by Crippen LogP contribution is -2.04. The van der Waals surface area contributed by atoms with Crippen LogP contribution in [0.2, 0.25) is 10.0 Å². The van der Waals surface area contributed by atoms with Crippen LogP contribution in [0.15, 0.2) is 36.4 Å². The second kappa shape index (κ2) is 4.96. The van der Waals surface area contributed by atoms with Gasteiger partial charge in [-0.25, -0.2) is 4.39 Å². The van der Waals surface area contributed by atoms with Crippen LogP contribution in [-0.2, 0) is 0 Å². The molecule has 0 saturated carbocycles. The zero-order valence-electron chi connectivity index (χ0n) is 9.08. The average molecular weight is 284 g/mol. The van der Waals surface area contributed by atoms with Crippen LogP contribution in [0.1, 0.15) is 15.9 Å². The highest BCUT2D eigenvalue weighted by molar-refractivity contribution is 6.33. The molecule has 2 rings (SSSR count). The lowest BCUT2D eigenvalue weighted by Gasteiger charge is -2.05. The fourth-order valence-electron chi connectivity index (χ4n) is 1.50. The smallest absolute Gasteiger partial charge is 0.196 e. The van der Waals surface area contributed by atoms with Crippen molar-refractivity contribution in [1.29, 1.82) is 0 Å². The minimum absolute atomic E-state index is 0.0553. The largest absolute Gasteiger partial charge is 0.398 e. The van der Waals surface area contributed by atoms with Crippen molar-refractivity contribution in [1.82, 2.24) is 0 Å². The summed E-state index contributed by atoms with van der Waals surface area (Å²) in [5.74, 6) is -1.13. The summed E-state index contributed by atoms with van der Waals surface area (Å²) in [6.07, 6.45) is 0. The highest BCUT2D eigenvalue weighted by atomic mass is 35.5. The van der Waals surface area contributed by atoms with Gasteiger partial charge >= 0.3 is 0 Å². The number of carbonyl (C=O) groups excluding carboxylic acids is 1. The molecule has 0 aromatic heterocycles. The van der Waals surface area contributed by atoms with E-state index in [0.29, 0.717) is 5.69 Å². The maximum absolute atomic E-state index is 13.6. The van der Waals surface area contributed by atoms with Gasteiger partial charge < -0.3 is 5.73 Å². The van der Waals surface area contributed by atoms with Crippen LogP contribution in [0.3, 0.4) is 0 Å². The van der Waals surface area contributed by atoms with Gasteiger partial charge in [0, 0.05) is 10.6 Å². The molecule has 92 valence electrons. The Bertz CT molecular complexity index is 628. The Labute approximate surface area is 113 Å². The van der Waals surface area contributed by atoms with Crippen LogP contribution in [0, 0.1) is 5.82 Å². The van der Waals surface area contributed by atoms with Gasteiger partial charge in [0.05, 0.1) is 16.3 Å². The second-order valence-corrected chi connectivity index (χ2v) is 4.53. The number of halogens is 3. The van der Waals surface area contributed by atoms with Gasteiger partial charge in [0.2, 0.25) is 0 Å². The molecule has 2 aromatic rings. The Hall–Kier alpha value is -1.58. The van der Waals surface area contributed by atoms with Gasteiger partial charge in [0.15, 0.2) is 5.78 Å². The zero-order chi connectivity index (χ0) is 13.3. The van der Waals surface area contributed by atoms with E-state index in [2.05, 4.69) is 0 Å². The quantitative estimate of drug-likeness (QED) is 0.670. The molecule has 0 unspecified atom stereocenters. The molecule has 2 nitrogen and oxygen atoms in total. The molecule has 0 bridgehead atoms. The Morgan fingerprint density at radius 2 is 1.83 bits per heavy atom. The highest BCUT2D eigenvalue weighted by Crippen LogP contribution is 2.23. The second-order valence-electron chi connectivity index (χ2n) is 3.69. The third-order valence-corrected chi connectivity index (χ3v) is 3.00. The van der Waals surface area contributed by atoms with Gasteiger partial charge in [-0.3, -0.25) is 4.79 Å². The first-order valence-corrected chi connectivity index (χ1v) is 5.79. The molecule has 5 heteroatoms. The Morgan fingerprint density at radius 3 is 2.44 bits per heavy atom. The maximum Gasteiger partial charge on any atom is 0.196 e. The summed E-state index contributed by atoms with van der Waals surface area (Å²) in [7, 11) is 0. The molecule has 18 heavy (non-hydrogen) atoms. The van der Waals surface area contributed by atoms with Crippen molar-refractivity contribution in [2.75, 3.05) is 5.73 Å². The molecule has 0 radical (unpaired) electrons. The van der Waals surface area contributed by atoms with Gasteiger partial charge in [-0.15, -0.1) is 0 Å². The lowest BCUT2D eigenvalue weighted by atomic mass is 10.0. The van der Waals surface area contributed by atoms with Crippen molar-refractivity contribution >= 4 is 34.7 Å². The molecule has 0 aliphatic heterocycles. The van der Waals surface area contributed by atoms with Crippen molar-refractivity contribution in [3.8, 4) is 0 Å². The number of carbonyl (C=O) groups is 1. The van der Waals surface area contributed by atoms with E-state index in [1.54, 1.807) is 0 Å². The number of benzene rings is 2. The van der Waals surface area contributed by atoms with E-state index in [-0.39, 0.29) is 21.2 Å². The first kappa shape index (κ1) is 12.9. The van der Waals surface area contributed by atoms with E-state index in [1.807, 2.05) is 0 Å². The number of hydrogen-bond acceptors (Lipinski definition) is 2. The van der Waals surface area contributed by atoms with E-state index in [9.17, 15) is 9.18 Å². The molecule has 0 aliphatic rings. The molecule has 2 N–H and O–H groups in total. The summed E-state index contributed by atoms with van der Waals surface area (Å²) in [5, 5.41) is 0.495. The summed E-state index contributed by atoms with van der Waals surface area (Å²) in [6.45, 7) is 0. The fraction of sp³-hybridized carbons (Fsp3) is 0. The Morgan fingerprint density at radius 1 is 1.11 bits per heavy atom. The monoisotopic (exact) mass is 283 g/mol. The van der Waals surface area contributed by atoms with Crippen molar-refractivity contribution in [2.45, 2.75) is 0 Å². The van der Waals surface area contributed by atoms with Crippen molar-refractivity contribution in [2.24, 2.45) is 0 Å². The third kappa shape index (κ3) is 2.47. The van der Waals surface area contributed by atoms with E-state index in [0.717, 1.165) is 6.07 Å². The number of hydrogen-bond donors (Lipinski definition) is 1. The molecular weight excluding hydrogens is 276 g/mol. The molecule has 0 amide bonds. The molecule has 0 fully saturated rings. The van der Waals surface area contributed by atoms with Crippen LogP contribution >= 0.6 is 23.2 Å². The minimum atomic E-state index is -0.666. The number of rotatable bonds is 2. The van der Waals surface area contributed by atoms with Gasteiger partial charge in [0.25, 0.3) is 0 Å². The van der Waals surface area contributed by atoms with Gasteiger partial charge in [-0.05, 0) is 36.4 Å². The minimum Gasteiger partial charge on any atom is -0.398 e. The van der Waals surface area contributed by atoms with Gasteiger partial charge in [-0.2, -0.15) is 0 Å². The van der Waals surface area contributed by atoms with E-state index in [1.165, 1.54) is 30.3 Å². The highest BCUT2D eigenvalue weighted by Gasteiger charge is 2.15. The summed E-state index contributed by atoms with van der Waals surface area (Å²) in [5.41, 5.74) is 6.13. The summed E-state index contributed by atoms with van der Waals surface area (Å²) in [4.78, 5) is 12.1. The van der Waals surface area contributed by atoms with Crippen molar-refractivity contribution in [3.05, 3.63) is 63.4 Å². The van der Waals surface area contributed by atoms with E-state index >= 15 is 0 Å². The molecule has 0 saturated heterocycles. The standard InChI is InChI=1S/C13H8Cl2FNO/c14-8-2-3-9(11(16)6-8)13(18)7-1-4-12(17)10(15)5-7/h1-6H,17H2. The van der Waals surface area contributed by atoms with E-state index in [4.69, 9.17) is 28.9 Å². The first-order chi connectivity index (χ1) is 8.49. The number of nitrogen functional groups attached to an aromatic ring is 1. The zero-order valence-corrected chi connectivity index (χ0v) is 10.6. The third-order valence-electron chi connectivity index (χ3n) is 2.44. The molecular formula is C13H8Cl2FNO. The maximum atomic E-state index is 13.6. The van der Waals surface area contributed by atoms with Crippen LogP contribution in [0.4, 0.5) is 10.1 Å². The fourth-order valence-corrected chi connectivity index (χ4v) is 1.84. The normalized spacial score (nSPS) is 10.4. The van der Waals surface area contributed by atoms with E-state index < -0.39 is 11.6 Å². The summed E-state index contributed by atoms with van der Waals surface area (Å²) >= 11 is 11.4.